The van der Waals surface area contributed by atoms with E-state index in [1.807, 2.05) is 0 Å². The van der Waals surface area contributed by atoms with Crippen molar-refractivity contribution < 1.29 is 22.0 Å². The maximum atomic E-state index is 14.2. The van der Waals surface area contributed by atoms with Crippen LogP contribution in [0.15, 0.2) is 12.1 Å². The number of piperazine rings is 1. The highest BCUT2D eigenvalue weighted by Gasteiger charge is 2.34. The number of nitrogens with one attached hydrogen (secondary N) is 1. The molecule has 0 bridgehead atoms. The minimum atomic E-state index is -4.38. The first-order valence-corrected chi connectivity index (χ1v) is 7.32. The van der Waals surface area contributed by atoms with Crippen LogP contribution in [-0.2, 0) is 0 Å². The van der Waals surface area contributed by atoms with Gasteiger partial charge in [-0.2, -0.15) is 13.2 Å². The maximum Gasteiger partial charge on any atom is 0.389 e. The average molecular weight is 379 g/mol. The second-order valence-electron chi connectivity index (χ2n) is 5.21. The molecule has 0 radical (unpaired) electrons. The molecule has 0 spiro atoms. The minimum absolute atomic E-state index is 0. The number of hydrogen-bond donors (Lipinski definition) is 1. The number of alkyl halides is 3. The van der Waals surface area contributed by atoms with E-state index in [-0.39, 0.29) is 23.0 Å². The number of rotatable bonds is 4. The van der Waals surface area contributed by atoms with Crippen LogP contribution < -0.4 is 5.32 Å². The fourth-order valence-corrected chi connectivity index (χ4v) is 2.82. The lowest BCUT2D eigenvalue weighted by Crippen LogP contribution is -2.45. The molecule has 0 amide bonds. The van der Waals surface area contributed by atoms with Crippen LogP contribution in [0.3, 0.4) is 0 Å². The molecular formula is C14H17Cl2F5N2. The summed E-state index contributed by atoms with van der Waals surface area (Å²) in [4.78, 5) is 1.67. The van der Waals surface area contributed by atoms with Crippen molar-refractivity contribution >= 4 is 24.0 Å². The van der Waals surface area contributed by atoms with Crippen molar-refractivity contribution in [2.24, 2.45) is 0 Å². The first-order valence-electron chi connectivity index (χ1n) is 6.94. The van der Waals surface area contributed by atoms with Crippen LogP contribution in [0.5, 0.6) is 0 Å². The van der Waals surface area contributed by atoms with Crippen LogP contribution >= 0.6 is 24.0 Å². The highest BCUT2D eigenvalue weighted by molar-refractivity contribution is 6.30. The molecule has 1 aliphatic rings. The molecule has 0 aliphatic carbocycles. The molecule has 1 fully saturated rings. The van der Waals surface area contributed by atoms with Crippen molar-refractivity contribution in [3.05, 3.63) is 34.4 Å². The molecule has 1 atom stereocenters. The Bertz CT molecular complexity index is 519. The highest BCUT2D eigenvalue weighted by Crippen LogP contribution is 2.36. The van der Waals surface area contributed by atoms with Crippen molar-refractivity contribution in [2.45, 2.75) is 25.1 Å². The summed E-state index contributed by atoms with van der Waals surface area (Å²) in [6.07, 6.45) is -5.89. The summed E-state index contributed by atoms with van der Waals surface area (Å²) in [6, 6.07) is 1.07. The van der Waals surface area contributed by atoms with E-state index >= 15 is 0 Å². The van der Waals surface area contributed by atoms with Gasteiger partial charge in [0.15, 0.2) is 0 Å². The molecule has 9 heteroatoms. The summed E-state index contributed by atoms with van der Waals surface area (Å²) in [5.74, 6) is -1.85. The van der Waals surface area contributed by atoms with Crippen molar-refractivity contribution in [3.8, 4) is 0 Å². The van der Waals surface area contributed by atoms with Crippen molar-refractivity contribution in [1.82, 2.24) is 10.2 Å². The van der Waals surface area contributed by atoms with Crippen molar-refractivity contribution in [1.29, 1.82) is 0 Å². The second kappa shape index (κ2) is 8.46. The number of hydrogen-bond acceptors (Lipinski definition) is 2. The number of benzene rings is 1. The molecule has 132 valence electrons. The lowest BCUT2D eigenvalue weighted by Gasteiger charge is -2.35. The Hall–Kier alpha value is -0.630. The third-order valence-corrected chi connectivity index (χ3v) is 4.00. The first kappa shape index (κ1) is 20.4. The largest absolute Gasteiger partial charge is 0.389 e. The topological polar surface area (TPSA) is 15.3 Å². The van der Waals surface area contributed by atoms with Gasteiger partial charge in [0.2, 0.25) is 0 Å². The first-order chi connectivity index (χ1) is 10.3. The fraction of sp³-hybridized carbons (Fsp3) is 0.571. The van der Waals surface area contributed by atoms with E-state index in [2.05, 4.69) is 5.32 Å². The zero-order valence-electron chi connectivity index (χ0n) is 12.1. The Morgan fingerprint density at radius 3 is 2.35 bits per heavy atom. The van der Waals surface area contributed by atoms with Gasteiger partial charge in [0.1, 0.15) is 11.6 Å². The van der Waals surface area contributed by atoms with Gasteiger partial charge in [-0.15, -0.1) is 12.4 Å². The van der Waals surface area contributed by atoms with Crippen LogP contribution in [0.4, 0.5) is 22.0 Å². The zero-order valence-corrected chi connectivity index (χ0v) is 13.7. The van der Waals surface area contributed by atoms with Gasteiger partial charge in [0, 0.05) is 44.2 Å². The standard InChI is InChI=1S/C14H16ClF5N2.ClH/c15-9-1-2-10(16)12(13(9)17)11(3-4-14(18,19)20)22-7-5-21-6-8-22;/h1-2,11,21H,3-8H2;1H/t11-;/m0./s1. The molecule has 1 saturated heterocycles. The van der Waals surface area contributed by atoms with E-state index in [1.54, 1.807) is 4.90 Å². The quantitative estimate of drug-likeness (QED) is 0.619. The molecule has 1 heterocycles. The maximum absolute atomic E-state index is 14.2. The van der Waals surface area contributed by atoms with Crippen LogP contribution in [0, 0.1) is 11.6 Å². The van der Waals surface area contributed by atoms with Crippen molar-refractivity contribution in [3.63, 3.8) is 0 Å². The Kier molecular flexibility index (Phi) is 7.51. The van der Waals surface area contributed by atoms with Gasteiger partial charge in [0.25, 0.3) is 0 Å². The molecule has 1 aromatic carbocycles. The molecular weight excluding hydrogens is 362 g/mol. The van der Waals surface area contributed by atoms with Gasteiger partial charge in [-0.05, 0) is 18.6 Å². The summed E-state index contributed by atoms with van der Waals surface area (Å²) in [5.41, 5.74) is -0.376. The number of nitrogens with zero attached hydrogens (tertiary/aromatic N) is 1. The SMILES string of the molecule is Cl.Fc1ccc(Cl)c(F)c1[C@H](CCC(F)(F)F)N1CCNCC1. The fourth-order valence-electron chi connectivity index (χ4n) is 2.65. The molecule has 2 nitrogen and oxygen atoms in total. The molecule has 0 unspecified atom stereocenters. The predicted molar refractivity (Wildman–Crippen MR) is 81.1 cm³/mol. The van der Waals surface area contributed by atoms with E-state index in [1.165, 1.54) is 0 Å². The van der Waals surface area contributed by atoms with Crippen LogP contribution in [0.2, 0.25) is 5.02 Å². The zero-order chi connectivity index (χ0) is 16.3. The third-order valence-electron chi connectivity index (χ3n) is 3.71. The minimum Gasteiger partial charge on any atom is -0.314 e. The molecule has 2 rings (SSSR count). The van der Waals surface area contributed by atoms with Gasteiger partial charge >= 0.3 is 6.18 Å². The Balaban J connectivity index is 0.00000264. The molecule has 0 saturated carbocycles. The smallest absolute Gasteiger partial charge is 0.314 e. The van der Waals surface area contributed by atoms with Gasteiger partial charge in [0.05, 0.1) is 5.02 Å². The van der Waals surface area contributed by atoms with Crippen LogP contribution in [-0.4, -0.2) is 37.3 Å². The number of halogens is 7. The third kappa shape index (κ3) is 5.45. The van der Waals surface area contributed by atoms with E-state index in [4.69, 9.17) is 11.6 Å². The monoisotopic (exact) mass is 378 g/mol. The van der Waals surface area contributed by atoms with E-state index in [9.17, 15) is 22.0 Å². The van der Waals surface area contributed by atoms with E-state index in [0.717, 1.165) is 12.1 Å². The molecule has 0 aromatic heterocycles. The highest BCUT2D eigenvalue weighted by atomic mass is 35.5. The normalized spacial score (nSPS) is 17.7. The molecule has 23 heavy (non-hydrogen) atoms. The summed E-state index contributed by atoms with van der Waals surface area (Å²) in [7, 11) is 0. The van der Waals surface area contributed by atoms with Gasteiger partial charge in [-0.25, -0.2) is 8.78 Å². The van der Waals surface area contributed by atoms with Gasteiger partial charge in [-0.1, -0.05) is 11.6 Å². The summed E-state index contributed by atoms with van der Waals surface area (Å²) in [6.45, 7) is 1.97. The molecule has 1 aliphatic heterocycles. The van der Waals surface area contributed by atoms with E-state index < -0.39 is 36.7 Å². The van der Waals surface area contributed by atoms with Crippen molar-refractivity contribution in [2.75, 3.05) is 26.2 Å². The average Bonchev–Trinajstić information content (AvgIpc) is 2.46. The molecule has 1 N–H and O–H groups in total. The molecule has 1 aromatic rings. The summed E-state index contributed by atoms with van der Waals surface area (Å²) in [5, 5.41) is 2.77. The summed E-state index contributed by atoms with van der Waals surface area (Å²) < 4.78 is 65.8. The van der Waals surface area contributed by atoms with Gasteiger partial charge in [-0.3, -0.25) is 4.90 Å². The summed E-state index contributed by atoms with van der Waals surface area (Å²) >= 11 is 5.66. The lowest BCUT2D eigenvalue weighted by molar-refractivity contribution is -0.138. The lowest BCUT2D eigenvalue weighted by atomic mass is 9.98. The van der Waals surface area contributed by atoms with Crippen LogP contribution in [0.25, 0.3) is 0 Å². The van der Waals surface area contributed by atoms with Crippen LogP contribution in [0.1, 0.15) is 24.4 Å². The predicted octanol–water partition coefficient (Wildman–Crippen LogP) is 4.33. The second-order valence-corrected chi connectivity index (χ2v) is 5.62. The Morgan fingerprint density at radius 2 is 1.78 bits per heavy atom. The Morgan fingerprint density at radius 1 is 1.17 bits per heavy atom. The Labute approximate surface area is 142 Å². The van der Waals surface area contributed by atoms with Gasteiger partial charge < -0.3 is 5.32 Å². The van der Waals surface area contributed by atoms with E-state index in [0.29, 0.717) is 26.2 Å².